The number of hydrogen-bond donors (Lipinski definition) is 2. The number of furan rings is 1. The summed E-state index contributed by atoms with van der Waals surface area (Å²) in [4.78, 5) is 0. The molecule has 1 aromatic carbocycles. The Balaban J connectivity index is 1.87. The van der Waals surface area contributed by atoms with Crippen LogP contribution in [0.1, 0.15) is 37.7 Å². The Morgan fingerprint density at radius 3 is 2.59 bits per heavy atom. The molecule has 3 nitrogen and oxygen atoms in total. The van der Waals surface area contributed by atoms with Crippen molar-refractivity contribution in [2.45, 2.75) is 44.9 Å². The number of aryl methyl sites for hydroxylation is 1. The third-order valence-electron chi connectivity index (χ3n) is 3.71. The molecule has 0 spiro atoms. The summed E-state index contributed by atoms with van der Waals surface area (Å²) in [5.41, 5.74) is 0.358. The van der Waals surface area contributed by atoms with Gasteiger partial charge in [0.15, 0.2) is 11.6 Å². The molecular weight excluding hydrogens is 288 g/mol. The SMILES string of the molecule is CC(CCc1ccco1)NC(C)C(O)c1ccc(F)c(F)c1. The van der Waals surface area contributed by atoms with Crippen LogP contribution in [0.5, 0.6) is 0 Å². The maximum absolute atomic E-state index is 13.2. The maximum atomic E-state index is 13.2. The fourth-order valence-corrected chi connectivity index (χ4v) is 2.42. The Morgan fingerprint density at radius 2 is 1.95 bits per heavy atom. The monoisotopic (exact) mass is 309 g/mol. The standard InChI is InChI=1S/C17H21F2NO2/c1-11(5-7-14-4-3-9-22-14)20-12(2)17(21)13-6-8-15(18)16(19)10-13/h3-4,6,8-12,17,20-21H,5,7H2,1-2H3. The van der Waals surface area contributed by atoms with E-state index < -0.39 is 17.7 Å². The van der Waals surface area contributed by atoms with Crippen molar-refractivity contribution in [2.24, 2.45) is 0 Å². The minimum atomic E-state index is -0.949. The van der Waals surface area contributed by atoms with Crippen molar-refractivity contribution in [1.82, 2.24) is 5.32 Å². The fraction of sp³-hybridized carbons (Fsp3) is 0.412. The molecule has 0 radical (unpaired) electrons. The topological polar surface area (TPSA) is 45.4 Å². The van der Waals surface area contributed by atoms with Gasteiger partial charge < -0.3 is 14.8 Å². The normalized spacial score (nSPS) is 15.5. The molecule has 2 rings (SSSR count). The molecule has 5 heteroatoms. The van der Waals surface area contributed by atoms with Gasteiger partial charge in [-0.2, -0.15) is 0 Å². The van der Waals surface area contributed by atoms with Crippen molar-refractivity contribution >= 4 is 0 Å². The predicted molar refractivity (Wildman–Crippen MR) is 80.4 cm³/mol. The van der Waals surface area contributed by atoms with E-state index in [-0.39, 0.29) is 12.1 Å². The molecule has 1 heterocycles. The van der Waals surface area contributed by atoms with Crippen LogP contribution in [0.25, 0.3) is 0 Å². The molecule has 0 saturated carbocycles. The van der Waals surface area contributed by atoms with Gasteiger partial charge in [0.25, 0.3) is 0 Å². The van der Waals surface area contributed by atoms with Crippen molar-refractivity contribution in [1.29, 1.82) is 0 Å². The number of hydrogen-bond acceptors (Lipinski definition) is 3. The van der Waals surface area contributed by atoms with Gasteiger partial charge in [-0.05, 0) is 50.1 Å². The number of aliphatic hydroxyl groups excluding tert-OH is 1. The summed E-state index contributed by atoms with van der Waals surface area (Å²) in [6.45, 7) is 3.83. The number of aliphatic hydroxyl groups is 1. The minimum absolute atomic E-state index is 0.153. The molecule has 2 N–H and O–H groups in total. The summed E-state index contributed by atoms with van der Waals surface area (Å²) < 4.78 is 31.4. The molecule has 0 amide bonds. The van der Waals surface area contributed by atoms with E-state index in [4.69, 9.17) is 4.42 Å². The van der Waals surface area contributed by atoms with Crippen LogP contribution in [0.3, 0.4) is 0 Å². The van der Waals surface area contributed by atoms with Crippen LogP contribution >= 0.6 is 0 Å². The summed E-state index contributed by atoms with van der Waals surface area (Å²) in [6, 6.07) is 7.10. The number of halogens is 2. The second-order valence-electron chi connectivity index (χ2n) is 5.59. The average Bonchev–Trinajstić information content (AvgIpc) is 3.00. The lowest BCUT2D eigenvalue weighted by molar-refractivity contribution is 0.129. The van der Waals surface area contributed by atoms with Gasteiger partial charge in [0, 0.05) is 18.5 Å². The summed E-state index contributed by atoms with van der Waals surface area (Å²) in [7, 11) is 0. The molecule has 0 saturated heterocycles. The van der Waals surface area contributed by atoms with Gasteiger partial charge in [0.1, 0.15) is 5.76 Å². The first kappa shape index (κ1) is 16.6. The Hall–Kier alpha value is -1.72. The fourth-order valence-electron chi connectivity index (χ4n) is 2.42. The first-order valence-corrected chi connectivity index (χ1v) is 7.39. The third-order valence-corrected chi connectivity index (χ3v) is 3.71. The molecule has 22 heavy (non-hydrogen) atoms. The maximum Gasteiger partial charge on any atom is 0.159 e. The molecule has 0 bridgehead atoms. The molecule has 0 fully saturated rings. The molecule has 3 atom stereocenters. The zero-order chi connectivity index (χ0) is 16.1. The molecule has 2 aromatic rings. The highest BCUT2D eigenvalue weighted by atomic mass is 19.2. The quantitative estimate of drug-likeness (QED) is 0.821. The Kier molecular flexibility index (Phi) is 5.69. The highest BCUT2D eigenvalue weighted by molar-refractivity contribution is 5.21. The van der Waals surface area contributed by atoms with Gasteiger partial charge in [-0.3, -0.25) is 0 Å². The van der Waals surface area contributed by atoms with Crippen molar-refractivity contribution in [3.8, 4) is 0 Å². The second kappa shape index (κ2) is 7.51. The van der Waals surface area contributed by atoms with E-state index in [1.165, 1.54) is 6.07 Å². The van der Waals surface area contributed by atoms with Gasteiger partial charge in [0.05, 0.1) is 12.4 Å². The second-order valence-corrected chi connectivity index (χ2v) is 5.59. The highest BCUT2D eigenvalue weighted by Gasteiger charge is 2.19. The van der Waals surface area contributed by atoms with Crippen molar-refractivity contribution in [2.75, 3.05) is 0 Å². The van der Waals surface area contributed by atoms with Crippen molar-refractivity contribution < 1.29 is 18.3 Å². The van der Waals surface area contributed by atoms with E-state index in [2.05, 4.69) is 5.32 Å². The number of nitrogens with one attached hydrogen (secondary N) is 1. The molecule has 0 aliphatic rings. The van der Waals surface area contributed by atoms with Crippen LogP contribution in [0.4, 0.5) is 8.78 Å². The number of benzene rings is 1. The van der Waals surface area contributed by atoms with Gasteiger partial charge >= 0.3 is 0 Å². The zero-order valence-corrected chi connectivity index (χ0v) is 12.7. The van der Waals surface area contributed by atoms with Gasteiger partial charge in [-0.25, -0.2) is 8.78 Å². The lowest BCUT2D eigenvalue weighted by atomic mass is 10.0. The van der Waals surface area contributed by atoms with E-state index in [1.807, 2.05) is 26.0 Å². The summed E-state index contributed by atoms with van der Waals surface area (Å²) >= 11 is 0. The summed E-state index contributed by atoms with van der Waals surface area (Å²) in [5.74, 6) is -0.944. The Morgan fingerprint density at radius 1 is 1.18 bits per heavy atom. The highest BCUT2D eigenvalue weighted by Crippen LogP contribution is 2.20. The molecule has 3 unspecified atom stereocenters. The minimum Gasteiger partial charge on any atom is -0.469 e. The zero-order valence-electron chi connectivity index (χ0n) is 12.7. The smallest absolute Gasteiger partial charge is 0.159 e. The average molecular weight is 309 g/mol. The Labute approximate surface area is 129 Å². The van der Waals surface area contributed by atoms with Crippen LogP contribution in [0, 0.1) is 11.6 Å². The lowest BCUT2D eigenvalue weighted by Crippen LogP contribution is -2.38. The number of rotatable bonds is 7. The third kappa shape index (κ3) is 4.39. The van der Waals surface area contributed by atoms with Crippen LogP contribution in [0.2, 0.25) is 0 Å². The summed E-state index contributed by atoms with van der Waals surface area (Å²) in [5, 5.41) is 13.5. The first-order chi connectivity index (χ1) is 10.5. The first-order valence-electron chi connectivity index (χ1n) is 7.39. The van der Waals surface area contributed by atoms with E-state index in [9.17, 15) is 13.9 Å². The molecular formula is C17H21F2NO2. The van der Waals surface area contributed by atoms with Crippen LogP contribution in [0.15, 0.2) is 41.0 Å². The van der Waals surface area contributed by atoms with E-state index in [0.29, 0.717) is 5.56 Å². The van der Waals surface area contributed by atoms with E-state index >= 15 is 0 Å². The molecule has 120 valence electrons. The largest absolute Gasteiger partial charge is 0.469 e. The molecule has 1 aromatic heterocycles. The van der Waals surface area contributed by atoms with Crippen molar-refractivity contribution in [3.05, 3.63) is 59.6 Å². The predicted octanol–water partition coefficient (Wildman–Crippen LogP) is 3.59. The van der Waals surface area contributed by atoms with E-state index in [0.717, 1.165) is 30.7 Å². The van der Waals surface area contributed by atoms with Gasteiger partial charge in [-0.1, -0.05) is 6.07 Å². The van der Waals surface area contributed by atoms with Gasteiger partial charge in [-0.15, -0.1) is 0 Å². The van der Waals surface area contributed by atoms with Crippen LogP contribution in [-0.4, -0.2) is 17.2 Å². The van der Waals surface area contributed by atoms with E-state index in [1.54, 1.807) is 6.26 Å². The van der Waals surface area contributed by atoms with Crippen molar-refractivity contribution in [3.63, 3.8) is 0 Å². The van der Waals surface area contributed by atoms with Crippen LogP contribution in [-0.2, 0) is 6.42 Å². The van der Waals surface area contributed by atoms with Crippen LogP contribution < -0.4 is 5.32 Å². The van der Waals surface area contributed by atoms with Gasteiger partial charge in [0.2, 0.25) is 0 Å². The summed E-state index contributed by atoms with van der Waals surface area (Å²) in [6.07, 6.45) is 2.39. The lowest BCUT2D eigenvalue weighted by Gasteiger charge is -2.24. The molecule has 0 aliphatic carbocycles. The Bertz CT molecular complexity index is 586. The molecule has 0 aliphatic heterocycles.